The van der Waals surface area contributed by atoms with Crippen LogP contribution >= 0.6 is 207 Å². The molecule has 0 unspecified atom stereocenters. The number of ketones is 2. The molecule has 18 aromatic rings. The maximum absolute atomic E-state index is 12.8. The largest absolute Gasteiger partial charge is 0.393 e. The van der Waals surface area contributed by atoms with Crippen LogP contribution in [-0.2, 0) is 51.4 Å². The van der Waals surface area contributed by atoms with Crippen LogP contribution in [0.25, 0.3) is 45.0 Å². The Morgan fingerprint density at radius 1 is 0.270 bits per heavy atom. The van der Waals surface area contributed by atoms with E-state index in [-0.39, 0.29) is 51.8 Å². The molecule has 0 aliphatic heterocycles. The van der Waals surface area contributed by atoms with Gasteiger partial charge in [-0.15, -0.1) is 62.3 Å². The van der Waals surface area contributed by atoms with Crippen molar-refractivity contribution in [1.82, 2.24) is 34.9 Å². The fraction of sp³-hybridized carbons (Fsp3) is 0.0917. The average Bonchev–Trinajstić information content (AvgIpc) is 1.73. The number of hydrogen-bond acceptors (Lipinski definition) is 17. The molecule has 13 nitrogen and oxygen atoms in total. The molecular formula is C109H92Br7F4N11O2S8. The van der Waals surface area contributed by atoms with Crippen LogP contribution in [0.2, 0.25) is 0 Å². The second kappa shape index (κ2) is 64.8. The van der Waals surface area contributed by atoms with E-state index in [1.54, 1.807) is 137 Å². The summed E-state index contributed by atoms with van der Waals surface area (Å²) in [6.45, 7) is 0. The molecule has 0 aliphatic carbocycles. The summed E-state index contributed by atoms with van der Waals surface area (Å²) in [7, 11) is 0. The number of thiocarbonyl (C=S) groups is 4. The van der Waals surface area contributed by atoms with Crippen molar-refractivity contribution < 1.29 is 27.2 Å². The first kappa shape index (κ1) is 116. The highest BCUT2D eigenvalue weighted by molar-refractivity contribution is 9.11. The van der Waals surface area contributed by atoms with E-state index in [4.69, 9.17) is 76.8 Å². The highest BCUT2D eigenvalue weighted by Crippen LogP contribution is 2.29. The normalized spacial score (nSPS) is 10.0. The summed E-state index contributed by atoms with van der Waals surface area (Å²) in [6.07, 6.45) is 16.1. The molecule has 0 aliphatic rings. The van der Waals surface area contributed by atoms with E-state index < -0.39 is 0 Å². The van der Waals surface area contributed by atoms with E-state index in [1.165, 1.54) is 65.2 Å². The van der Waals surface area contributed by atoms with E-state index in [9.17, 15) is 27.2 Å². The molecule has 7 aromatic heterocycles. The van der Waals surface area contributed by atoms with Gasteiger partial charge >= 0.3 is 0 Å². The number of rotatable bonds is 24. The summed E-state index contributed by atoms with van der Waals surface area (Å²) in [4.78, 5) is 54.4. The molecule has 0 amide bonds. The number of benzene rings is 11. The zero-order valence-corrected chi connectivity index (χ0v) is 92.9. The lowest BCUT2D eigenvalue weighted by Gasteiger charge is -1.98. The van der Waals surface area contributed by atoms with Crippen molar-refractivity contribution >= 4 is 238 Å². The predicted octanol–water partition coefficient (Wildman–Crippen LogP) is 30.6. The lowest BCUT2D eigenvalue weighted by atomic mass is 10.1. The Bertz CT molecular complexity index is 5990. The van der Waals surface area contributed by atoms with E-state index in [1.807, 2.05) is 151 Å². The molecule has 7 heterocycles. The molecule has 0 saturated heterocycles. The standard InChI is InChI=1S/C16H12BrNS.C16H12FNS.C15H11BrN2S.C15H11FN2S.2C8H8BrNS.C8H7BrO.2C8H8FNS.C7H6BrNO.BrH/c2*17-14-8-6-12(7-9-14)10-16-18-15(11-19-16)13-4-2-1-3-5-13;2*16-13-5-3-11(4-6-13)8-15-18-14(10-19-15)12-2-1-7-17-9-12;2*9-7-3-1-6(2-4-7)5-8(10)11;9-6-8(10)7-4-2-1-3-5-7;2*9-7-3-1-6(2-4-7)5-8(10)11;8-4-7(10)6-2-1-3-9-5-6;/h2*1-9,11H,10H2;2*1-7,9-10H,8H2;2*1-4H,5H2,(H2,10,11);1-5H,6H2;2*1-4H,5H2,(H2,10,11);1-3,5H,4H2;1H. The Morgan fingerprint density at radius 3 is 0.723 bits per heavy atom. The number of carbonyl (C=O) groups is 2. The number of carbonyl (C=O) groups excluding carboxylic acids is 2. The third-order valence-corrected chi connectivity index (χ3v) is 25.9. The van der Waals surface area contributed by atoms with Gasteiger partial charge in [0.05, 0.1) is 73.4 Å². The fourth-order valence-electron chi connectivity index (χ4n) is 12.0. The Kier molecular flexibility index (Phi) is 53.1. The van der Waals surface area contributed by atoms with Gasteiger partial charge in [0.25, 0.3) is 0 Å². The summed E-state index contributed by atoms with van der Waals surface area (Å²) < 4.78 is 54.8. The van der Waals surface area contributed by atoms with Crippen molar-refractivity contribution in [3.8, 4) is 45.0 Å². The van der Waals surface area contributed by atoms with Crippen LogP contribution < -0.4 is 22.9 Å². The minimum Gasteiger partial charge on any atom is -0.393 e. The zero-order valence-electron chi connectivity index (χ0n) is 75.2. The van der Waals surface area contributed by atoms with E-state index in [2.05, 4.69) is 214 Å². The van der Waals surface area contributed by atoms with Gasteiger partial charge in [-0.3, -0.25) is 24.5 Å². The smallest absolute Gasteiger partial charge is 0.174 e. The second-order valence-corrected chi connectivity index (χ2v) is 40.4. The van der Waals surface area contributed by atoms with Gasteiger partial charge in [0.2, 0.25) is 0 Å². The highest BCUT2D eigenvalue weighted by Gasteiger charge is 2.12. The fourth-order valence-corrected chi connectivity index (χ4v) is 17.7. The number of hydrogen-bond donors (Lipinski definition) is 4. The number of nitrogens with two attached hydrogens (primary N) is 4. The van der Waals surface area contributed by atoms with Crippen LogP contribution in [0.4, 0.5) is 17.6 Å². The minimum absolute atomic E-state index is 0. The van der Waals surface area contributed by atoms with Crippen molar-refractivity contribution in [3.63, 3.8) is 0 Å². The monoisotopic (exact) mass is 2470 g/mol. The number of nitrogens with zero attached hydrogens (tertiary/aromatic N) is 7. The summed E-state index contributed by atoms with van der Waals surface area (Å²) in [5.74, 6) is -0.700. The lowest BCUT2D eigenvalue weighted by Crippen LogP contribution is -2.10. The predicted molar refractivity (Wildman–Crippen MR) is 618 cm³/mol. The first-order chi connectivity index (χ1) is 67.6. The molecule has 0 radical (unpaired) electrons. The van der Waals surface area contributed by atoms with E-state index in [0.29, 0.717) is 61.9 Å². The minimum atomic E-state index is -0.239. The highest BCUT2D eigenvalue weighted by atomic mass is 79.9. The number of aromatic nitrogens is 7. The molecule has 8 N–H and O–H groups in total. The molecule has 0 saturated carbocycles. The van der Waals surface area contributed by atoms with Gasteiger partial charge in [0.15, 0.2) is 11.6 Å². The van der Waals surface area contributed by atoms with Gasteiger partial charge in [-0.2, -0.15) is 0 Å². The molecule has 0 atom stereocenters. The third-order valence-electron chi connectivity index (χ3n) is 18.8. The van der Waals surface area contributed by atoms with Crippen LogP contribution in [0.1, 0.15) is 85.3 Å². The molecule has 720 valence electrons. The molecule has 11 aromatic carbocycles. The molecule has 0 bridgehead atoms. The third kappa shape index (κ3) is 46.1. The first-order valence-corrected chi connectivity index (χ1v) is 53.1. The zero-order chi connectivity index (χ0) is 100. The van der Waals surface area contributed by atoms with Gasteiger partial charge in [-0.1, -0.05) is 333 Å². The molecular weight excluding hydrogens is 2390 g/mol. The Hall–Kier alpha value is -10.6. The summed E-state index contributed by atoms with van der Waals surface area (Å²) in [5, 5.41) is 13.4. The molecule has 32 heteroatoms. The van der Waals surface area contributed by atoms with Crippen LogP contribution in [0.5, 0.6) is 0 Å². The van der Waals surface area contributed by atoms with Crippen molar-refractivity contribution in [2.24, 2.45) is 22.9 Å². The molecule has 18 rings (SSSR count). The first-order valence-electron chi connectivity index (χ1n) is 42.6. The summed E-state index contributed by atoms with van der Waals surface area (Å²) in [6, 6.07) is 99.1. The van der Waals surface area contributed by atoms with Crippen LogP contribution in [0.3, 0.4) is 0 Å². The average molecular weight is 2480 g/mol. The van der Waals surface area contributed by atoms with Crippen molar-refractivity contribution in [1.29, 1.82) is 0 Å². The maximum Gasteiger partial charge on any atom is 0.174 e. The number of thiazole rings is 4. The van der Waals surface area contributed by atoms with Crippen LogP contribution in [-0.4, -0.2) is 77.1 Å². The van der Waals surface area contributed by atoms with Gasteiger partial charge < -0.3 is 22.9 Å². The van der Waals surface area contributed by atoms with Crippen LogP contribution in [0, 0.1) is 23.3 Å². The number of halogens is 11. The van der Waals surface area contributed by atoms with Gasteiger partial charge in [-0.05, 0) is 178 Å². The van der Waals surface area contributed by atoms with E-state index in [0.717, 1.165) is 142 Å². The molecule has 0 fully saturated rings. The topological polar surface area (TPSA) is 228 Å². The van der Waals surface area contributed by atoms with Crippen molar-refractivity contribution in [3.05, 3.63) is 497 Å². The van der Waals surface area contributed by atoms with Crippen molar-refractivity contribution in [2.45, 2.75) is 51.4 Å². The Balaban J connectivity index is 0.000000194. The van der Waals surface area contributed by atoms with Gasteiger partial charge in [0.1, 0.15) is 23.3 Å². The number of alkyl halides is 2. The van der Waals surface area contributed by atoms with Gasteiger partial charge in [0, 0.05) is 161 Å². The summed E-state index contributed by atoms with van der Waals surface area (Å²) in [5.41, 5.74) is 40.1. The number of pyridine rings is 3. The Morgan fingerprint density at radius 2 is 0.482 bits per heavy atom. The lowest BCUT2D eigenvalue weighted by molar-refractivity contribution is 0.101. The number of Topliss-reactive ketones (excluding diaryl/α,β-unsaturated/α-hetero) is 2. The summed E-state index contributed by atoms with van der Waals surface area (Å²) >= 11 is 45.4. The SMILES string of the molecule is Br.Brc1ccc(Cc2nc(-c3ccccc3)cs2)cc1.Brc1ccc(Cc2nc(-c3cccnc3)cs2)cc1.Fc1ccc(Cc2nc(-c3ccccc3)cs2)cc1.Fc1ccc(Cc2nc(-c3cccnc3)cs2)cc1.NC(=S)Cc1ccc(Br)cc1.NC(=S)Cc1ccc(Br)cc1.NC(=S)Cc1ccc(F)cc1.NC(=S)Cc1ccc(F)cc1.O=C(CBr)c1ccccc1.O=C(CBr)c1cccnc1. The quantitative estimate of drug-likeness (QED) is 0.0191. The molecule has 141 heavy (non-hydrogen) atoms. The van der Waals surface area contributed by atoms with Crippen LogP contribution in [0.15, 0.2) is 398 Å². The Labute approximate surface area is 917 Å². The van der Waals surface area contributed by atoms with E-state index >= 15 is 0 Å². The maximum atomic E-state index is 12.8. The van der Waals surface area contributed by atoms with Gasteiger partial charge in [-0.25, -0.2) is 37.5 Å². The molecule has 0 spiro atoms. The van der Waals surface area contributed by atoms with Crippen molar-refractivity contribution in [2.75, 3.05) is 10.7 Å². The second-order valence-electron chi connectivity index (χ2n) is 29.7.